The number of hydrogen-bond donors (Lipinski definition) is 1. The number of rotatable bonds is 6. The SMILES string of the molecule is N[C@@H](CC(=O)N1CCn2c(nnc2C(F)(F)F)C1)[C@H]1C[C@H](COC2=CC=CC2=O)c2cc(F)c(F)cc21. The van der Waals surface area contributed by atoms with Crippen molar-refractivity contribution in [3.8, 4) is 0 Å². The second-order valence-electron chi connectivity index (χ2n) is 9.27. The van der Waals surface area contributed by atoms with Gasteiger partial charge in [-0.15, -0.1) is 10.2 Å². The topological polar surface area (TPSA) is 103 Å². The Morgan fingerprint density at radius 3 is 2.57 bits per heavy atom. The van der Waals surface area contributed by atoms with Gasteiger partial charge in [-0.1, -0.05) is 6.08 Å². The van der Waals surface area contributed by atoms with Gasteiger partial charge in [-0.05, 0) is 41.8 Å². The number of nitrogens with two attached hydrogens (primary N) is 1. The highest BCUT2D eigenvalue weighted by atomic mass is 19.4. The van der Waals surface area contributed by atoms with E-state index in [0.717, 1.165) is 16.7 Å². The Bertz CT molecular complexity index is 1320. The van der Waals surface area contributed by atoms with Crippen LogP contribution in [0.25, 0.3) is 0 Å². The molecule has 0 bridgehead atoms. The minimum Gasteiger partial charge on any atom is -0.489 e. The van der Waals surface area contributed by atoms with Crippen LogP contribution >= 0.6 is 0 Å². The molecule has 2 aliphatic carbocycles. The first-order valence-electron chi connectivity index (χ1n) is 11.6. The lowest BCUT2D eigenvalue weighted by atomic mass is 9.90. The summed E-state index contributed by atoms with van der Waals surface area (Å²) in [5.74, 6) is -4.58. The predicted octanol–water partition coefficient (Wildman–Crippen LogP) is 2.95. The number of ketones is 1. The van der Waals surface area contributed by atoms with Gasteiger partial charge in [0, 0.05) is 37.4 Å². The van der Waals surface area contributed by atoms with Gasteiger partial charge in [0.15, 0.2) is 23.2 Å². The molecule has 0 unspecified atom stereocenters. The summed E-state index contributed by atoms with van der Waals surface area (Å²) < 4.78 is 74.0. The van der Waals surface area contributed by atoms with Gasteiger partial charge in [-0.3, -0.25) is 9.59 Å². The van der Waals surface area contributed by atoms with Crippen LogP contribution in [0.3, 0.4) is 0 Å². The van der Waals surface area contributed by atoms with Crippen molar-refractivity contribution in [1.29, 1.82) is 0 Å². The molecular weight excluding hydrogens is 501 g/mol. The van der Waals surface area contributed by atoms with Gasteiger partial charge in [0.1, 0.15) is 0 Å². The maximum Gasteiger partial charge on any atom is 0.451 e. The molecule has 8 nitrogen and oxygen atoms in total. The van der Waals surface area contributed by atoms with Crippen molar-refractivity contribution in [1.82, 2.24) is 19.7 Å². The molecule has 2 N–H and O–H groups in total. The number of ether oxygens (including phenoxy) is 1. The van der Waals surface area contributed by atoms with Crippen molar-refractivity contribution in [2.45, 2.75) is 50.0 Å². The summed E-state index contributed by atoms with van der Waals surface area (Å²) in [6.07, 6.45) is -0.0581. The summed E-state index contributed by atoms with van der Waals surface area (Å²) in [7, 11) is 0. The molecule has 0 spiro atoms. The molecule has 37 heavy (non-hydrogen) atoms. The molecule has 3 atom stereocenters. The van der Waals surface area contributed by atoms with E-state index >= 15 is 0 Å². The molecule has 3 aliphatic rings. The number of aromatic nitrogens is 3. The van der Waals surface area contributed by atoms with E-state index in [4.69, 9.17) is 10.5 Å². The highest BCUT2D eigenvalue weighted by molar-refractivity contribution is 6.05. The molecule has 2 aromatic rings. The Morgan fingerprint density at radius 1 is 1.16 bits per heavy atom. The number of alkyl halides is 3. The van der Waals surface area contributed by atoms with E-state index in [-0.39, 0.29) is 55.9 Å². The zero-order chi connectivity index (χ0) is 26.5. The molecular formula is C24H22F5N5O3. The van der Waals surface area contributed by atoms with Gasteiger partial charge in [0.05, 0.1) is 13.2 Å². The fourth-order valence-electron chi connectivity index (χ4n) is 5.13. The predicted molar refractivity (Wildman–Crippen MR) is 118 cm³/mol. The van der Waals surface area contributed by atoms with Crippen LogP contribution in [-0.4, -0.2) is 50.5 Å². The summed E-state index contributed by atoms with van der Waals surface area (Å²) in [5.41, 5.74) is 7.35. The van der Waals surface area contributed by atoms with E-state index in [1.54, 1.807) is 6.08 Å². The number of fused-ring (bicyclic) bond motifs is 2. The van der Waals surface area contributed by atoms with Gasteiger partial charge in [0.2, 0.25) is 17.5 Å². The zero-order valence-electron chi connectivity index (χ0n) is 19.3. The molecule has 196 valence electrons. The number of halogens is 5. The lowest BCUT2D eigenvalue weighted by Crippen LogP contribution is -2.42. The van der Waals surface area contributed by atoms with Crippen molar-refractivity contribution in [3.63, 3.8) is 0 Å². The van der Waals surface area contributed by atoms with Gasteiger partial charge in [0.25, 0.3) is 0 Å². The lowest BCUT2D eigenvalue weighted by Gasteiger charge is -2.30. The first-order chi connectivity index (χ1) is 17.5. The zero-order valence-corrected chi connectivity index (χ0v) is 19.3. The fraction of sp³-hybridized carbons (Fsp3) is 0.417. The molecule has 5 rings (SSSR count). The van der Waals surface area contributed by atoms with Crippen LogP contribution in [0, 0.1) is 11.6 Å². The van der Waals surface area contributed by atoms with E-state index in [1.807, 2.05) is 0 Å². The third kappa shape index (κ3) is 4.75. The molecule has 0 saturated carbocycles. The van der Waals surface area contributed by atoms with Crippen molar-refractivity contribution in [2.24, 2.45) is 5.73 Å². The fourth-order valence-corrected chi connectivity index (χ4v) is 5.13. The van der Waals surface area contributed by atoms with E-state index in [9.17, 15) is 31.5 Å². The van der Waals surface area contributed by atoms with Gasteiger partial charge >= 0.3 is 6.18 Å². The summed E-state index contributed by atoms with van der Waals surface area (Å²) in [6, 6.07) is 1.38. The van der Waals surface area contributed by atoms with Crippen LogP contribution in [0.4, 0.5) is 22.0 Å². The van der Waals surface area contributed by atoms with Crippen LogP contribution < -0.4 is 5.73 Å². The quantitative estimate of drug-likeness (QED) is 0.585. The summed E-state index contributed by atoms with van der Waals surface area (Å²) >= 11 is 0. The number of carbonyl (C=O) groups excluding carboxylic acids is 2. The van der Waals surface area contributed by atoms with Crippen molar-refractivity contribution in [2.75, 3.05) is 13.2 Å². The normalized spacial score (nSPS) is 21.6. The van der Waals surface area contributed by atoms with Crippen molar-refractivity contribution in [3.05, 3.63) is 70.5 Å². The lowest BCUT2D eigenvalue weighted by molar-refractivity contribution is -0.148. The van der Waals surface area contributed by atoms with E-state index < -0.39 is 41.5 Å². The molecule has 1 amide bonds. The smallest absolute Gasteiger partial charge is 0.451 e. The van der Waals surface area contributed by atoms with Crippen LogP contribution in [0.5, 0.6) is 0 Å². The summed E-state index contributed by atoms with van der Waals surface area (Å²) in [6.45, 7) is -0.201. The summed E-state index contributed by atoms with van der Waals surface area (Å²) in [4.78, 5) is 26.1. The number of allylic oxidation sites excluding steroid dienone is 3. The van der Waals surface area contributed by atoms with E-state index in [0.29, 0.717) is 17.5 Å². The van der Waals surface area contributed by atoms with Crippen molar-refractivity contribution >= 4 is 11.7 Å². The Morgan fingerprint density at radius 2 is 1.89 bits per heavy atom. The second kappa shape index (κ2) is 9.36. The van der Waals surface area contributed by atoms with Crippen LogP contribution in [-0.2, 0) is 33.6 Å². The van der Waals surface area contributed by atoms with E-state index in [1.165, 1.54) is 17.1 Å². The minimum absolute atomic E-state index is 0.0201. The average molecular weight is 523 g/mol. The third-order valence-electron chi connectivity index (χ3n) is 6.97. The number of hydrogen-bond acceptors (Lipinski definition) is 6. The Balaban J connectivity index is 1.28. The standard InChI is InChI=1S/C24H22F5N5O3/c25-16-7-13-12(11-37-20-3-1-2-19(20)35)6-15(14(13)8-17(16)26)18(30)9-22(36)33-4-5-34-21(10-33)31-32-23(34)24(27,28)29/h1-3,7-8,12,15,18H,4-6,9-11,30H2/t12-,15+,18+/m1/s1. The number of carbonyl (C=O) groups is 2. The van der Waals surface area contributed by atoms with Gasteiger partial charge < -0.3 is 19.9 Å². The Kier molecular flexibility index (Phi) is 6.34. The van der Waals surface area contributed by atoms with Crippen LogP contribution in [0.15, 0.2) is 36.1 Å². The van der Waals surface area contributed by atoms with Gasteiger partial charge in [-0.25, -0.2) is 8.78 Å². The largest absolute Gasteiger partial charge is 0.489 e. The Hall–Kier alpha value is -3.61. The molecule has 1 aromatic heterocycles. The highest BCUT2D eigenvalue weighted by Gasteiger charge is 2.41. The van der Waals surface area contributed by atoms with E-state index in [2.05, 4.69) is 10.2 Å². The number of nitrogens with zero attached hydrogens (tertiary/aromatic N) is 4. The number of benzene rings is 1. The molecule has 0 saturated heterocycles. The Labute approximate surface area is 207 Å². The highest BCUT2D eigenvalue weighted by Crippen LogP contribution is 2.45. The third-order valence-corrected chi connectivity index (χ3v) is 6.97. The minimum atomic E-state index is -4.65. The number of amides is 1. The maximum absolute atomic E-state index is 14.1. The monoisotopic (exact) mass is 523 g/mol. The van der Waals surface area contributed by atoms with Crippen LogP contribution in [0.2, 0.25) is 0 Å². The summed E-state index contributed by atoms with van der Waals surface area (Å²) in [5, 5.41) is 6.78. The second-order valence-corrected chi connectivity index (χ2v) is 9.27. The molecule has 0 radical (unpaired) electrons. The van der Waals surface area contributed by atoms with Crippen molar-refractivity contribution < 1.29 is 36.3 Å². The van der Waals surface area contributed by atoms with Gasteiger partial charge in [-0.2, -0.15) is 13.2 Å². The molecule has 2 heterocycles. The molecule has 1 aliphatic heterocycles. The first kappa shape index (κ1) is 25.1. The first-order valence-corrected chi connectivity index (χ1v) is 11.6. The van der Waals surface area contributed by atoms with Crippen LogP contribution in [0.1, 0.15) is 47.5 Å². The molecule has 1 aromatic carbocycles. The maximum atomic E-state index is 14.1. The average Bonchev–Trinajstić information content (AvgIpc) is 3.54. The molecule has 0 fully saturated rings. The molecule has 13 heteroatoms.